The quantitative estimate of drug-likeness (QED) is 0.112. The zero-order valence-electron chi connectivity index (χ0n) is 22.0. The van der Waals surface area contributed by atoms with Crippen LogP contribution in [0.3, 0.4) is 0 Å². The Balaban J connectivity index is 1.42. The molecule has 0 bridgehead atoms. The van der Waals surface area contributed by atoms with Gasteiger partial charge in [-0.2, -0.15) is 0 Å². The molecule has 0 aliphatic carbocycles. The molecule has 0 saturated heterocycles. The Morgan fingerprint density at radius 2 is 1.30 bits per heavy atom. The van der Waals surface area contributed by atoms with Crippen LogP contribution in [0.15, 0.2) is 60.9 Å². The normalized spacial score (nSPS) is 10.8. The second-order valence-corrected chi connectivity index (χ2v) is 8.70. The highest BCUT2D eigenvalue weighted by Crippen LogP contribution is 2.22. The van der Waals surface area contributed by atoms with Crippen molar-refractivity contribution in [3.8, 4) is 28.6 Å². The van der Waals surface area contributed by atoms with E-state index in [4.69, 9.17) is 18.9 Å². The summed E-state index contributed by atoms with van der Waals surface area (Å²) in [4.78, 5) is 21.3. The zero-order valence-corrected chi connectivity index (χ0v) is 22.0. The summed E-state index contributed by atoms with van der Waals surface area (Å²) >= 11 is 0. The van der Waals surface area contributed by atoms with Gasteiger partial charge in [0.15, 0.2) is 11.6 Å². The van der Waals surface area contributed by atoms with Crippen LogP contribution in [0.5, 0.6) is 17.2 Å². The number of rotatable bonds is 17. The fourth-order valence-corrected chi connectivity index (χ4v) is 3.63. The number of nitrogens with zero attached hydrogens (tertiary/aromatic N) is 2. The average Bonchev–Trinajstić information content (AvgIpc) is 2.93. The van der Waals surface area contributed by atoms with Crippen molar-refractivity contribution < 1.29 is 23.7 Å². The summed E-state index contributed by atoms with van der Waals surface area (Å²) < 4.78 is 22.2. The molecule has 0 saturated carbocycles. The van der Waals surface area contributed by atoms with Gasteiger partial charge in [-0.1, -0.05) is 39.0 Å². The summed E-state index contributed by atoms with van der Waals surface area (Å²) in [6.45, 7) is 6.81. The van der Waals surface area contributed by atoms with Crippen LogP contribution in [0.1, 0.15) is 69.2 Å². The van der Waals surface area contributed by atoms with E-state index in [1.807, 2.05) is 19.1 Å². The van der Waals surface area contributed by atoms with Gasteiger partial charge >= 0.3 is 5.97 Å². The molecule has 0 N–H and O–H groups in total. The first-order chi connectivity index (χ1) is 18.2. The van der Waals surface area contributed by atoms with E-state index in [1.165, 1.54) is 32.1 Å². The first-order valence-corrected chi connectivity index (χ1v) is 13.3. The molecule has 198 valence electrons. The Bertz CT molecular complexity index is 1040. The van der Waals surface area contributed by atoms with Crippen molar-refractivity contribution in [2.45, 2.75) is 58.8 Å². The molecule has 0 fully saturated rings. The summed E-state index contributed by atoms with van der Waals surface area (Å²) in [7, 11) is 0. The third kappa shape index (κ3) is 10.2. The van der Waals surface area contributed by atoms with Gasteiger partial charge in [0.25, 0.3) is 0 Å². The van der Waals surface area contributed by atoms with Gasteiger partial charge in [-0.3, -0.25) is 0 Å². The van der Waals surface area contributed by atoms with Gasteiger partial charge in [0, 0.05) is 25.2 Å². The predicted molar refractivity (Wildman–Crippen MR) is 144 cm³/mol. The maximum absolute atomic E-state index is 12.5. The number of ether oxygens (including phenoxy) is 4. The first kappa shape index (κ1) is 28.1. The van der Waals surface area contributed by atoms with Crippen LogP contribution in [0, 0.1) is 0 Å². The Morgan fingerprint density at radius 1 is 0.676 bits per heavy atom. The van der Waals surface area contributed by atoms with Crippen LogP contribution in [0.2, 0.25) is 0 Å². The number of hydrogen-bond donors (Lipinski definition) is 0. The standard InChI is InChI=1S/C30H38N2O5/c1-3-5-6-7-8-9-20-36-28-22-31-29(32-23-28)24-11-17-27(18-12-24)37-30(33)25-13-15-26(16-14-25)35-21-10-19-34-4-2/h11-18,22-23H,3-10,19-21H2,1-2H3. The molecule has 0 aliphatic heterocycles. The molecule has 1 aromatic heterocycles. The Hall–Kier alpha value is -3.45. The second-order valence-electron chi connectivity index (χ2n) is 8.70. The van der Waals surface area contributed by atoms with E-state index in [0.29, 0.717) is 55.1 Å². The summed E-state index contributed by atoms with van der Waals surface area (Å²) in [5, 5.41) is 0. The van der Waals surface area contributed by atoms with Crippen LogP contribution in [-0.4, -0.2) is 42.4 Å². The molecule has 0 unspecified atom stereocenters. The number of carbonyl (C=O) groups is 1. The Labute approximate surface area is 220 Å². The number of unbranched alkanes of at least 4 members (excludes halogenated alkanes) is 5. The second kappa shape index (κ2) is 16.3. The van der Waals surface area contributed by atoms with Gasteiger partial charge in [0.05, 0.1) is 31.2 Å². The van der Waals surface area contributed by atoms with Crippen LogP contribution in [-0.2, 0) is 4.74 Å². The van der Waals surface area contributed by atoms with Gasteiger partial charge in [-0.15, -0.1) is 0 Å². The Kier molecular flexibility index (Phi) is 12.4. The zero-order chi connectivity index (χ0) is 26.1. The van der Waals surface area contributed by atoms with Gasteiger partial charge in [0.1, 0.15) is 11.5 Å². The smallest absolute Gasteiger partial charge is 0.343 e. The van der Waals surface area contributed by atoms with E-state index in [1.54, 1.807) is 48.8 Å². The SMILES string of the molecule is CCCCCCCCOc1cnc(-c2ccc(OC(=O)c3ccc(OCCCOCC)cc3)cc2)nc1. The predicted octanol–water partition coefficient (Wildman–Crippen LogP) is 6.91. The number of aromatic nitrogens is 2. The maximum Gasteiger partial charge on any atom is 0.343 e. The van der Waals surface area contributed by atoms with Crippen molar-refractivity contribution in [1.29, 1.82) is 0 Å². The largest absolute Gasteiger partial charge is 0.494 e. The molecule has 1 heterocycles. The summed E-state index contributed by atoms with van der Waals surface area (Å²) in [5.41, 5.74) is 1.28. The van der Waals surface area contributed by atoms with Crippen molar-refractivity contribution in [1.82, 2.24) is 9.97 Å². The monoisotopic (exact) mass is 506 g/mol. The van der Waals surface area contributed by atoms with E-state index in [0.717, 1.165) is 18.4 Å². The lowest BCUT2D eigenvalue weighted by Gasteiger charge is -2.08. The molecule has 7 heteroatoms. The Morgan fingerprint density at radius 3 is 2.00 bits per heavy atom. The van der Waals surface area contributed by atoms with Crippen LogP contribution in [0.4, 0.5) is 0 Å². The molecule has 37 heavy (non-hydrogen) atoms. The minimum atomic E-state index is -0.432. The minimum absolute atomic E-state index is 0.432. The maximum atomic E-state index is 12.5. The fourth-order valence-electron chi connectivity index (χ4n) is 3.63. The van der Waals surface area contributed by atoms with Gasteiger partial charge in [-0.25, -0.2) is 14.8 Å². The topological polar surface area (TPSA) is 79.8 Å². The van der Waals surface area contributed by atoms with Crippen LogP contribution in [0.25, 0.3) is 11.4 Å². The molecule has 0 atom stereocenters. The molecule has 7 nitrogen and oxygen atoms in total. The van der Waals surface area contributed by atoms with Crippen molar-refractivity contribution in [2.24, 2.45) is 0 Å². The van der Waals surface area contributed by atoms with Crippen LogP contribution >= 0.6 is 0 Å². The lowest BCUT2D eigenvalue weighted by molar-refractivity contribution is 0.0734. The lowest BCUT2D eigenvalue weighted by Crippen LogP contribution is -2.08. The highest BCUT2D eigenvalue weighted by Gasteiger charge is 2.10. The first-order valence-electron chi connectivity index (χ1n) is 13.3. The molecule has 3 rings (SSSR count). The van der Waals surface area contributed by atoms with Crippen molar-refractivity contribution in [2.75, 3.05) is 26.4 Å². The number of esters is 1. The van der Waals surface area contributed by atoms with Crippen molar-refractivity contribution in [3.05, 3.63) is 66.5 Å². The highest BCUT2D eigenvalue weighted by molar-refractivity contribution is 5.91. The van der Waals surface area contributed by atoms with E-state index in [2.05, 4.69) is 16.9 Å². The highest BCUT2D eigenvalue weighted by atomic mass is 16.5. The van der Waals surface area contributed by atoms with Crippen molar-refractivity contribution in [3.63, 3.8) is 0 Å². The summed E-state index contributed by atoms with van der Waals surface area (Å²) in [5.74, 6) is 1.98. The van der Waals surface area contributed by atoms with Gasteiger partial charge in [0.2, 0.25) is 0 Å². The molecule has 0 aliphatic rings. The van der Waals surface area contributed by atoms with Crippen molar-refractivity contribution >= 4 is 5.97 Å². The molecule has 0 spiro atoms. The lowest BCUT2D eigenvalue weighted by atomic mass is 10.1. The molecular formula is C30H38N2O5. The van der Waals surface area contributed by atoms with Gasteiger partial charge in [-0.05, 0) is 61.9 Å². The number of benzene rings is 2. The molecule has 3 aromatic rings. The number of carbonyl (C=O) groups excluding carboxylic acids is 1. The molecule has 0 radical (unpaired) electrons. The van der Waals surface area contributed by atoms with E-state index in [-0.39, 0.29) is 0 Å². The third-order valence-electron chi connectivity index (χ3n) is 5.71. The van der Waals surface area contributed by atoms with E-state index >= 15 is 0 Å². The van der Waals surface area contributed by atoms with Gasteiger partial charge < -0.3 is 18.9 Å². The fraction of sp³-hybridized carbons (Fsp3) is 0.433. The summed E-state index contributed by atoms with van der Waals surface area (Å²) in [6.07, 6.45) is 11.5. The average molecular weight is 507 g/mol. The number of hydrogen-bond acceptors (Lipinski definition) is 7. The molecule has 2 aromatic carbocycles. The van der Waals surface area contributed by atoms with E-state index in [9.17, 15) is 4.79 Å². The molecular weight excluding hydrogens is 468 g/mol. The summed E-state index contributed by atoms with van der Waals surface area (Å²) in [6, 6.07) is 14.0. The molecule has 0 amide bonds. The van der Waals surface area contributed by atoms with E-state index < -0.39 is 5.97 Å². The minimum Gasteiger partial charge on any atom is -0.494 e. The van der Waals surface area contributed by atoms with Crippen LogP contribution < -0.4 is 14.2 Å². The third-order valence-corrected chi connectivity index (χ3v) is 5.71.